The number of rotatable bonds is 3. The Hall–Kier alpha value is -0.540. The van der Waals surface area contributed by atoms with E-state index in [1.54, 1.807) is 6.20 Å². The zero-order chi connectivity index (χ0) is 8.97. The third-order valence-electron chi connectivity index (χ3n) is 1.13. The smallest absolute Gasteiger partial charge is 0.188 e. The monoisotopic (exact) mass is 200 g/mol. The molecule has 0 aliphatic heterocycles. The third-order valence-corrected chi connectivity index (χ3v) is 2.37. The predicted octanol–water partition coefficient (Wildman–Crippen LogP) is 2.63. The van der Waals surface area contributed by atoms with Crippen LogP contribution in [-0.2, 0) is 0 Å². The summed E-state index contributed by atoms with van der Waals surface area (Å²) in [6.45, 7) is 5.51. The Morgan fingerprint density at radius 1 is 1.75 bits per heavy atom. The maximum atomic E-state index is 5.60. The SMILES string of the molecule is C=C(Cl)CSc1nccc(C)n1. The van der Waals surface area contributed by atoms with Crippen molar-refractivity contribution in [1.29, 1.82) is 0 Å². The van der Waals surface area contributed by atoms with Crippen LogP contribution in [0.3, 0.4) is 0 Å². The number of aromatic nitrogens is 2. The standard InChI is InChI=1S/C8H9ClN2S/c1-6(9)5-12-8-10-4-3-7(2)11-8/h3-4H,1,5H2,2H3. The van der Waals surface area contributed by atoms with Gasteiger partial charge < -0.3 is 0 Å². The van der Waals surface area contributed by atoms with Crippen LogP contribution in [0.2, 0.25) is 0 Å². The first-order valence-electron chi connectivity index (χ1n) is 3.44. The van der Waals surface area contributed by atoms with Crippen molar-refractivity contribution in [2.24, 2.45) is 0 Å². The summed E-state index contributed by atoms with van der Waals surface area (Å²) in [5.74, 6) is 0.658. The van der Waals surface area contributed by atoms with Crippen LogP contribution < -0.4 is 0 Å². The highest BCUT2D eigenvalue weighted by Crippen LogP contribution is 2.16. The molecule has 0 bridgehead atoms. The van der Waals surface area contributed by atoms with Crippen LogP contribution in [0.15, 0.2) is 29.0 Å². The molecule has 0 aliphatic rings. The average Bonchev–Trinajstić information content (AvgIpc) is 2.01. The highest BCUT2D eigenvalue weighted by Gasteiger charge is 1.97. The molecule has 0 unspecified atom stereocenters. The minimum atomic E-state index is 0.616. The molecule has 0 spiro atoms. The number of halogens is 1. The normalized spacial score (nSPS) is 9.83. The molecule has 1 aromatic rings. The molecule has 0 saturated heterocycles. The summed E-state index contributed by atoms with van der Waals surface area (Å²) in [6.07, 6.45) is 1.74. The van der Waals surface area contributed by atoms with Crippen LogP contribution in [0.1, 0.15) is 5.69 Å². The fourth-order valence-electron chi connectivity index (χ4n) is 0.638. The Morgan fingerprint density at radius 2 is 2.50 bits per heavy atom. The van der Waals surface area contributed by atoms with Gasteiger partial charge in [-0.2, -0.15) is 0 Å². The second kappa shape index (κ2) is 4.48. The van der Waals surface area contributed by atoms with Crippen LogP contribution in [-0.4, -0.2) is 15.7 Å². The number of thioether (sulfide) groups is 1. The molecule has 0 radical (unpaired) electrons. The minimum absolute atomic E-state index is 0.616. The van der Waals surface area contributed by atoms with Crippen molar-refractivity contribution >= 4 is 23.4 Å². The van der Waals surface area contributed by atoms with Crippen molar-refractivity contribution in [2.45, 2.75) is 12.1 Å². The molecule has 0 atom stereocenters. The van der Waals surface area contributed by atoms with Gasteiger partial charge in [-0.1, -0.05) is 29.9 Å². The van der Waals surface area contributed by atoms with Crippen molar-refractivity contribution in [3.63, 3.8) is 0 Å². The Balaban J connectivity index is 2.57. The van der Waals surface area contributed by atoms with Gasteiger partial charge in [0.25, 0.3) is 0 Å². The lowest BCUT2D eigenvalue weighted by molar-refractivity contribution is 0.933. The molecule has 64 valence electrons. The van der Waals surface area contributed by atoms with E-state index in [0.29, 0.717) is 10.8 Å². The second-order valence-corrected chi connectivity index (χ2v) is 3.76. The van der Waals surface area contributed by atoms with E-state index in [9.17, 15) is 0 Å². The fraction of sp³-hybridized carbons (Fsp3) is 0.250. The zero-order valence-corrected chi connectivity index (χ0v) is 8.32. The van der Waals surface area contributed by atoms with E-state index in [1.807, 2.05) is 13.0 Å². The lowest BCUT2D eigenvalue weighted by Gasteiger charge is -1.98. The largest absolute Gasteiger partial charge is 0.231 e. The van der Waals surface area contributed by atoms with Gasteiger partial charge in [-0.15, -0.1) is 0 Å². The highest BCUT2D eigenvalue weighted by atomic mass is 35.5. The van der Waals surface area contributed by atoms with Crippen LogP contribution in [0.25, 0.3) is 0 Å². The van der Waals surface area contributed by atoms with Gasteiger partial charge >= 0.3 is 0 Å². The van der Waals surface area contributed by atoms with Crippen LogP contribution in [0.5, 0.6) is 0 Å². The van der Waals surface area contributed by atoms with Gasteiger partial charge in [0.2, 0.25) is 0 Å². The van der Waals surface area contributed by atoms with Crippen molar-refractivity contribution in [3.8, 4) is 0 Å². The molecule has 1 rings (SSSR count). The molecular weight excluding hydrogens is 192 g/mol. The maximum Gasteiger partial charge on any atom is 0.188 e. The molecule has 0 saturated carbocycles. The molecule has 2 nitrogen and oxygen atoms in total. The molecule has 0 aliphatic carbocycles. The Labute approximate surface area is 81.1 Å². The van der Waals surface area contributed by atoms with Crippen molar-refractivity contribution < 1.29 is 0 Å². The van der Waals surface area contributed by atoms with Crippen LogP contribution >= 0.6 is 23.4 Å². The van der Waals surface area contributed by atoms with Crippen molar-refractivity contribution in [2.75, 3.05) is 5.75 Å². The summed E-state index contributed by atoms with van der Waals surface area (Å²) < 4.78 is 0. The first-order chi connectivity index (χ1) is 5.68. The van der Waals surface area contributed by atoms with Gasteiger partial charge in [0.05, 0.1) is 0 Å². The molecule has 1 aromatic heterocycles. The molecule has 0 N–H and O–H groups in total. The lowest BCUT2D eigenvalue weighted by Crippen LogP contribution is -1.89. The topological polar surface area (TPSA) is 25.8 Å². The lowest BCUT2D eigenvalue weighted by atomic mass is 10.5. The van der Waals surface area contributed by atoms with E-state index < -0.39 is 0 Å². The van der Waals surface area contributed by atoms with E-state index in [1.165, 1.54) is 11.8 Å². The van der Waals surface area contributed by atoms with Gasteiger partial charge in [0, 0.05) is 22.7 Å². The highest BCUT2D eigenvalue weighted by molar-refractivity contribution is 7.99. The fourth-order valence-corrected chi connectivity index (χ4v) is 1.43. The first-order valence-corrected chi connectivity index (χ1v) is 4.80. The zero-order valence-electron chi connectivity index (χ0n) is 6.75. The Kier molecular flexibility index (Phi) is 3.56. The maximum absolute atomic E-state index is 5.60. The van der Waals surface area contributed by atoms with Gasteiger partial charge in [-0.05, 0) is 13.0 Å². The van der Waals surface area contributed by atoms with Gasteiger partial charge in [0.1, 0.15) is 0 Å². The van der Waals surface area contributed by atoms with Gasteiger partial charge in [-0.3, -0.25) is 0 Å². The van der Waals surface area contributed by atoms with Crippen LogP contribution in [0, 0.1) is 6.92 Å². The minimum Gasteiger partial charge on any atom is -0.231 e. The summed E-state index contributed by atoms with van der Waals surface area (Å²) in [4.78, 5) is 8.26. The van der Waals surface area contributed by atoms with E-state index in [-0.39, 0.29) is 0 Å². The first kappa shape index (κ1) is 9.55. The third kappa shape index (κ3) is 3.24. The molecule has 4 heteroatoms. The van der Waals surface area contributed by atoms with E-state index >= 15 is 0 Å². The molecule has 0 aromatic carbocycles. The molecule has 0 fully saturated rings. The Bertz CT molecular complexity index is 288. The average molecular weight is 201 g/mol. The molecule has 12 heavy (non-hydrogen) atoms. The predicted molar refractivity (Wildman–Crippen MR) is 52.5 cm³/mol. The number of aryl methyl sites for hydroxylation is 1. The summed E-state index contributed by atoms with van der Waals surface area (Å²) >= 11 is 7.09. The number of hydrogen-bond acceptors (Lipinski definition) is 3. The summed E-state index contributed by atoms with van der Waals surface area (Å²) in [6, 6.07) is 1.86. The van der Waals surface area contributed by atoms with Crippen molar-refractivity contribution in [1.82, 2.24) is 9.97 Å². The van der Waals surface area contributed by atoms with Gasteiger partial charge in [0.15, 0.2) is 5.16 Å². The van der Waals surface area contributed by atoms with Gasteiger partial charge in [-0.25, -0.2) is 9.97 Å². The Morgan fingerprint density at radius 3 is 3.08 bits per heavy atom. The second-order valence-electron chi connectivity index (χ2n) is 2.29. The number of nitrogens with zero attached hydrogens (tertiary/aromatic N) is 2. The quantitative estimate of drug-likeness (QED) is 0.554. The summed E-state index contributed by atoms with van der Waals surface area (Å²) in [7, 11) is 0. The molecule has 1 heterocycles. The summed E-state index contributed by atoms with van der Waals surface area (Å²) in [5.41, 5.74) is 0.965. The van der Waals surface area contributed by atoms with E-state index in [2.05, 4.69) is 16.5 Å². The molecular formula is C8H9ClN2S. The van der Waals surface area contributed by atoms with E-state index in [4.69, 9.17) is 11.6 Å². The number of hydrogen-bond donors (Lipinski definition) is 0. The van der Waals surface area contributed by atoms with E-state index in [0.717, 1.165) is 10.9 Å². The molecule has 0 amide bonds. The van der Waals surface area contributed by atoms with Crippen molar-refractivity contribution in [3.05, 3.63) is 29.6 Å². The van der Waals surface area contributed by atoms with Crippen LogP contribution in [0.4, 0.5) is 0 Å². The summed E-state index contributed by atoms with van der Waals surface area (Å²) in [5, 5.41) is 1.36.